The Hall–Kier alpha value is -3.04. The number of aromatic amines is 1. The molecular weight excluding hydrogens is 516 g/mol. The van der Waals surface area contributed by atoms with Crippen LogP contribution in [0.1, 0.15) is 70.5 Å². The lowest BCUT2D eigenvalue weighted by molar-refractivity contribution is 0.0678. The van der Waals surface area contributed by atoms with E-state index in [-0.39, 0.29) is 11.6 Å². The van der Waals surface area contributed by atoms with Gasteiger partial charge in [0.15, 0.2) is 5.65 Å². The Kier molecular flexibility index (Phi) is 7.79. The maximum Gasteiger partial charge on any atom is 0.439 e. The van der Waals surface area contributed by atoms with Gasteiger partial charge < -0.3 is 9.30 Å². The number of fused-ring (bicyclic) bond motifs is 1. The normalized spacial score (nSPS) is 20.6. The standard InChI is InChI=1S/C29H35ClN6O3/c1-18-10-12-19(13-11-18)15-36-23(17-38-16-20-6-3-2-4-7-20)31-26-25(36)24(21-8-5-9-22(30)14-21)32-27(33-26)28-34-29(37)39-35-28/h5,8-9,14,18-20H,2-4,6-7,10-13,15-17H2,1H3,(H,34,35,37)/t18-,19-. The van der Waals surface area contributed by atoms with Crippen molar-refractivity contribution in [3.63, 3.8) is 0 Å². The Bertz CT molecular complexity index is 1480. The first-order valence-electron chi connectivity index (χ1n) is 14.2. The molecule has 0 radical (unpaired) electrons. The van der Waals surface area contributed by atoms with Crippen LogP contribution in [0.3, 0.4) is 0 Å². The summed E-state index contributed by atoms with van der Waals surface area (Å²) in [4.78, 5) is 28.8. The largest absolute Gasteiger partial charge is 0.439 e. The highest BCUT2D eigenvalue weighted by molar-refractivity contribution is 6.30. The summed E-state index contributed by atoms with van der Waals surface area (Å²) >= 11 is 6.40. The number of rotatable bonds is 8. The van der Waals surface area contributed by atoms with Gasteiger partial charge in [-0.3, -0.25) is 9.51 Å². The van der Waals surface area contributed by atoms with Crippen LogP contribution in [0.15, 0.2) is 33.6 Å². The zero-order valence-corrected chi connectivity index (χ0v) is 23.1. The topological polar surface area (TPSA) is 112 Å². The van der Waals surface area contributed by atoms with Gasteiger partial charge in [0.1, 0.15) is 23.6 Å². The second kappa shape index (κ2) is 11.6. The van der Waals surface area contributed by atoms with Gasteiger partial charge in [-0.2, -0.15) is 0 Å². The van der Waals surface area contributed by atoms with Crippen LogP contribution in [0.4, 0.5) is 0 Å². The molecule has 3 heterocycles. The Morgan fingerprint density at radius 3 is 2.62 bits per heavy atom. The minimum atomic E-state index is -0.660. The number of hydrogen-bond acceptors (Lipinski definition) is 7. The Labute approximate surface area is 232 Å². The third kappa shape index (κ3) is 5.94. The third-order valence-corrected chi connectivity index (χ3v) is 8.55. The summed E-state index contributed by atoms with van der Waals surface area (Å²) in [6.45, 7) is 4.35. The molecular formula is C29H35ClN6O3. The fraction of sp³-hybridized carbons (Fsp3) is 0.552. The number of H-pyrrole nitrogens is 1. The van der Waals surface area contributed by atoms with E-state index in [9.17, 15) is 4.79 Å². The highest BCUT2D eigenvalue weighted by Crippen LogP contribution is 2.34. The highest BCUT2D eigenvalue weighted by atomic mass is 35.5. The SMILES string of the molecule is C[C@H]1CC[C@H](Cn2c(COCC3CCCCC3)nc3nc(-c4noc(=O)[nH]4)nc(-c4cccc(Cl)c4)c32)CC1. The van der Waals surface area contributed by atoms with Crippen molar-refractivity contribution in [1.82, 2.24) is 29.7 Å². The first-order chi connectivity index (χ1) is 19.0. The van der Waals surface area contributed by atoms with Gasteiger partial charge in [0.25, 0.3) is 0 Å². The highest BCUT2D eigenvalue weighted by Gasteiger charge is 2.26. The summed E-state index contributed by atoms with van der Waals surface area (Å²) in [5.74, 6) is 2.54. The summed E-state index contributed by atoms with van der Waals surface area (Å²) < 4.78 is 13.3. The van der Waals surface area contributed by atoms with Crippen molar-refractivity contribution >= 4 is 22.8 Å². The number of nitrogens with zero attached hydrogens (tertiary/aromatic N) is 5. The zero-order valence-electron chi connectivity index (χ0n) is 22.4. The predicted octanol–water partition coefficient (Wildman–Crippen LogP) is 6.41. The number of hydrogen-bond donors (Lipinski definition) is 1. The minimum Gasteiger partial charge on any atom is -0.373 e. The molecule has 1 aromatic carbocycles. The molecule has 0 saturated heterocycles. The first kappa shape index (κ1) is 26.2. The molecule has 2 aliphatic rings. The van der Waals surface area contributed by atoms with Gasteiger partial charge >= 0.3 is 5.76 Å². The first-order valence-corrected chi connectivity index (χ1v) is 14.6. The zero-order chi connectivity index (χ0) is 26.8. The van der Waals surface area contributed by atoms with E-state index in [1.165, 1.54) is 57.8 Å². The van der Waals surface area contributed by atoms with Gasteiger partial charge in [-0.15, -0.1) is 0 Å². The van der Waals surface area contributed by atoms with Crippen LogP contribution in [0.2, 0.25) is 5.02 Å². The molecule has 0 spiro atoms. The van der Waals surface area contributed by atoms with Crippen molar-refractivity contribution in [2.75, 3.05) is 6.61 Å². The lowest BCUT2D eigenvalue weighted by atomic mass is 9.83. The fourth-order valence-corrected chi connectivity index (χ4v) is 6.29. The van der Waals surface area contributed by atoms with E-state index in [4.69, 9.17) is 35.8 Å². The number of nitrogens with one attached hydrogen (secondary N) is 1. The minimum absolute atomic E-state index is 0.163. The maximum atomic E-state index is 11.7. The quantitative estimate of drug-likeness (QED) is 0.269. The Morgan fingerprint density at radius 1 is 1.05 bits per heavy atom. The Balaban J connectivity index is 1.43. The van der Waals surface area contributed by atoms with Crippen molar-refractivity contribution in [1.29, 1.82) is 0 Å². The van der Waals surface area contributed by atoms with E-state index in [2.05, 4.69) is 21.6 Å². The molecule has 0 unspecified atom stereocenters. The van der Waals surface area contributed by atoms with E-state index < -0.39 is 5.76 Å². The molecule has 4 aromatic rings. The molecule has 39 heavy (non-hydrogen) atoms. The average Bonchev–Trinajstić information content (AvgIpc) is 3.53. The number of halogens is 1. The van der Waals surface area contributed by atoms with Gasteiger partial charge in [0, 0.05) is 23.7 Å². The number of benzene rings is 1. The lowest BCUT2D eigenvalue weighted by Crippen LogP contribution is -2.20. The van der Waals surface area contributed by atoms with Crippen LogP contribution < -0.4 is 5.76 Å². The van der Waals surface area contributed by atoms with Crippen molar-refractivity contribution in [2.45, 2.75) is 77.9 Å². The van der Waals surface area contributed by atoms with E-state index in [1.807, 2.05) is 24.3 Å². The summed E-state index contributed by atoms with van der Waals surface area (Å²) in [7, 11) is 0. The van der Waals surface area contributed by atoms with Crippen LogP contribution in [-0.2, 0) is 17.9 Å². The molecule has 206 valence electrons. The van der Waals surface area contributed by atoms with Gasteiger partial charge in [-0.1, -0.05) is 67.9 Å². The second-order valence-corrected chi connectivity index (χ2v) is 11.7. The molecule has 9 nitrogen and oxygen atoms in total. The molecule has 1 N–H and O–H groups in total. The molecule has 0 atom stereocenters. The van der Waals surface area contributed by atoms with Crippen LogP contribution in [-0.4, -0.2) is 36.3 Å². The maximum absolute atomic E-state index is 11.7. The van der Waals surface area contributed by atoms with Crippen molar-refractivity contribution < 1.29 is 9.26 Å². The lowest BCUT2D eigenvalue weighted by Gasteiger charge is -2.27. The Morgan fingerprint density at radius 2 is 1.87 bits per heavy atom. The molecule has 2 fully saturated rings. The number of ether oxygens (including phenoxy) is 1. The fourth-order valence-electron chi connectivity index (χ4n) is 6.10. The van der Waals surface area contributed by atoms with E-state index in [1.54, 1.807) is 0 Å². The summed E-state index contributed by atoms with van der Waals surface area (Å²) in [6, 6.07) is 7.60. The second-order valence-electron chi connectivity index (χ2n) is 11.3. The summed E-state index contributed by atoms with van der Waals surface area (Å²) in [6.07, 6.45) is 11.2. The molecule has 0 amide bonds. The van der Waals surface area contributed by atoms with Gasteiger partial charge in [-0.05, 0) is 55.6 Å². The molecule has 0 aliphatic heterocycles. The van der Waals surface area contributed by atoms with Crippen molar-refractivity contribution in [2.24, 2.45) is 17.8 Å². The number of imidazole rings is 1. The van der Waals surface area contributed by atoms with E-state index in [0.29, 0.717) is 34.8 Å². The molecule has 2 aliphatic carbocycles. The van der Waals surface area contributed by atoms with Crippen molar-refractivity contribution in [3.8, 4) is 22.9 Å². The smallest absolute Gasteiger partial charge is 0.373 e. The van der Waals surface area contributed by atoms with Crippen LogP contribution in [0, 0.1) is 17.8 Å². The average molecular weight is 551 g/mol. The van der Waals surface area contributed by atoms with Gasteiger partial charge in [0.2, 0.25) is 11.6 Å². The molecule has 2 saturated carbocycles. The van der Waals surface area contributed by atoms with E-state index >= 15 is 0 Å². The van der Waals surface area contributed by atoms with Gasteiger partial charge in [-0.25, -0.2) is 19.7 Å². The summed E-state index contributed by atoms with van der Waals surface area (Å²) in [5, 5.41) is 4.43. The molecule has 0 bridgehead atoms. The molecule has 6 rings (SSSR count). The van der Waals surface area contributed by atoms with Crippen LogP contribution in [0.5, 0.6) is 0 Å². The predicted molar refractivity (Wildman–Crippen MR) is 149 cm³/mol. The molecule has 10 heteroatoms. The monoisotopic (exact) mass is 550 g/mol. The third-order valence-electron chi connectivity index (χ3n) is 8.32. The summed E-state index contributed by atoms with van der Waals surface area (Å²) in [5.41, 5.74) is 2.92. The van der Waals surface area contributed by atoms with Crippen molar-refractivity contribution in [3.05, 3.63) is 45.7 Å². The van der Waals surface area contributed by atoms with Crippen LogP contribution >= 0.6 is 11.6 Å². The molecule has 3 aromatic heterocycles. The van der Waals surface area contributed by atoms with E-state index in [0.717, 1.165) is 36.0 Å². The van der Waals surface area contributed by atoms with Gasteiger partial charge in [0.05, 0.1) is 0 Å². The number of aromatic nitrogens is 6. The van der Waals surface area contributed by atoms with Crippen LogP contribution in [0.25, 0.3) is 34.1 Å².